The van der Waals surface area contributed by atoms with Crippen molar-refractivity contribution in [2.75, 3.05) is 39.8 Å². The van der Waals surface area contributed by atoms with Crippen LogP contribution >= 0.6 is 12.4 Å². The maximum absolute atomic E-state index is 11.7. The molecule has 0 spiro atoms. The number of hydrogen-bond acceptors (Lipinski definition) is 5. The highest BCUT2D eigenvalue weighted by Crippen LogP contribution is 2.12. The SMILES string of the molecule is CNCC(=O)N1CCN(Cc2nc(C)c(C)o2)CC1.Cl. The van der Waals surface area contributed by atoms with Crippen LogP contribution in [-0.4, -0.2) is 60.5 Å². The van der Waals surface area contributed by atoms with Gasteiger partial charge in [-0.15, -0.1) is 12.4 Å². The van der Waals surface area contributed by atoms with E-state index in [4.69, 9.17) is 4.42 Å². The minimum absolute atomic E-state index is 0. The molecule has 7 heteroatoms. The van der Waals surface area contributed by atoms with Gasteiger partial charge in [-0.3, -0.25) is 9.69 Å². The first-order chi connectivity index (χ1) is 9.10. The third-order valence-electron chi connectivity index (χ3n) is 3.48. The van der Waals surface area contributed by atoms with Gasteiger partial charge in [0.05, 0.1) is 18.8 Å². The Morgan fingerprint density at radius 2 is 1.95 bits per heavy atom. The molecule has 0 aliphatic carbocycles. The minimum atomic E-state index is 0. The Morgan fingerprint density at radius 1 is 1.30 bits per heavy atom. The number of nitrogens with one attached hydrogen (secondary N) is 1. The van der Waals surface area contributed by atoms with Crippen LogP contribution in [0.5, 0.6) is 0 Å². The number of likely N-dealkylation sites (N-methyl/N-ethyl adjacent to an activating group) is 1. The summed E-state index contributed by atoms with van der Waals surface area (Å²) in [6.45, 7) is 8.32. The summed E-state index contributed by atoms with van der Waals surface area (Å²) >= 11 is 0. The second kappa shape index (κ2) is 7.61. The van der Waals surface area contributed by atoms with Gasteiger partial charge in [0.1, 0.15) is 5.76 Å². The number of halogens is 1. The molecule has 1 aromatic rings. The summed E-state index contributed by atoms with van der Waals surface area (Å²) in [7, 11) is 1.79. The van der Waals surface area contributed by atoms with Crippen LogP contribution in [0.15, 0.2) is 4.42 Å². The number of hydrogen-bond donors (Lipinski definition) is 1. The molecule has 1 aromatic heterocycles. The molecule has 0 radical (unpaired) electrons. The van der Waals surface area contributed by atoms with Crippen LogP contribution in [0.4, 0.5) is 0 Å². The zero-order valence-corrected chi connectivity index (χ0v) is 13.1. The summed E-state index contributed by atoms with van der Waals surface area (Å²) in [4.78, 5) is 20.3. The topological polar surface area (TPSA) is 61.6 Å². The van der Waals surface area contributed by atoms with Crippen molar-refractivity contribution in [3.05, 3.63) is 17.3 Å². The number of aromatic nitrogens is 1. The van der Waals surface area contributed by atoms with Crippen molar-refractivity contribution in [3.63, 3.8) is 0 Å². The Kier molecular flexibility index (Phi) is 6.45. The highest BCUT2D eigenvalue weighted by atomic mass is 35.5. The van der Waals surface area contributed by atoms with E-state index in [1.807, 2.05) is 18.7 Å². The molecular weight excluding hydrogens is 280 g/mol. The number of nitrogens with zero attached hydrogens (tertiary/aromatic N) is 3. The fourth-order valence-corrected chi connectivity index (χ4v) is 2.22. The average Bonchev–Trinajstić information content (AvgIpc) is 2.69. The Bertz CT molecular complexity index is 422. The van der Waals surface area contributed by atoms with Gasteiger partial charge in [0.25, 0.3) is 0 Å². The number of piperazine rings is 1. The van der Waals surface area contributed by atoms with Crippen molar-refractivity contribution in [1.29, 1.82) is 0 Å². The Balaban J connectivity index is 0.00000200. The van der Waals surface area contributed by atoms with Gasteiger partial charge in [0, 0.05) is 26.2 Å². The fraction of sp³-hybridized carbons (Fsp3) is 0.692. The van der Waals surface area contributed by atoms with E-state index in [-0.39, 0.29) is 18.3 Å². The molecule has 0 aromatic carbocycles. The molecular formula is C13H23ClN4O2. The monoisotopic (exact) mass is 302 g/mol. The van der Waals surface area contributed by atoms with Gasteiger partial charge in [-0.05, 0) is 20.9 Å². The van der Waals surface area contributed by atoms with Gasteiger partial charge in [-0.2, -0.15) is 0 Å². The highest BCUT2D eigenvalue weighted by molar-refractivity contribution is 5.85. The smallest absolute Gasteiger partial charge is 0.236 e. The lowest BCUT2D eigenvalue weighted by Crippen LogP contribution is -2.50. The maximum atomic E-state index is 11.7. The van der Waals surface area contributed by atoms with Crippen LogP contribution < -0.4 is 5.32 Å². The van der Waals surface area contributed by atoms with Crippen LogP contribution in [0, 0.1) is 13.8 Å². The second-order valence-corrected chi connectivity index (χ2v) is 4.94. The van der Waals surface area contributed by atoms with Crippen LogP contribution in [0.2, 0.25) is 0 Å². The Hall–Kier alpha value is -1.11. The zero-order valence-electron chi connectivity index (χ0n) is 12.3. The summed E-state index contributed by atoms with van der Waals surface area (Å²) < 4.78 is 5.59. The number of rotatable bonds is 4. The van der Waals surface area contributed by atoms with Gasteiger partial charge in [-0.25, -0.2) is 4.98 Å². The van der Waals surface area contributed by atoms with Gasteiger partial charge >= 0.3 is 0 Å². The maximum Gasteiger partial charge on any atom is 0.236 e. The number of amides is 1. The van der Waals surface area contributed by atoms with E-state index in [1.54, 1.807) is 7.05 Å². The predicted molar refractivity (Wildman–Crippen MR) is 79.0 cm³/mol. The van der Waals surface area contributed by atoms with E-state index in [0.29, 0.717) is 6.54 Å². The number of carbonyl (C=O) groups is 1. The standard InChI is InChI=1S/C13H22N4O2.ClH/c1-10-11(2)19-12(15-10)9-16-4-6-17(7-5-16)13(18)8-14-3;/h14H,4-9H2,1-3H3;1H. The van der Waals surface area contributed by atoms with E-state index in [2.05, 4.69) is 15.2 Å². The average molecular weight is 303 g/mol. The van der Waals surface area contributed by atoms with Gasteiger partial charge in [-0.1, -0.05) is 0 Å². The molecule has 2 rings (SSSR count). The molecule has 1 amide bonds. The van der Waals surface area contributed by atoms with Crippen molar-refractivity contribution in [3.8, 4) is 0 Å². The van der Waals surface area contributed by atoms with Crippen molar-refractivity contribution >= 4 is 18.3 Å². The minimum Gasteiger partial charge on any atom is -0.444 e. The quantitative estimate of drug-likeness (QED) is 0.881. The molecule has 114 valence electrons. The Labute approximate surface area is 125 Å². The lowest BCUT2D eigenvalue weighted by Gasteiger charge is -2.34. The number of carbonyl (C=O) groups excluding carboxylic acids is 1. The van der Waals surface area contributed by atoms with Gasteiger partial charge in [0.2, 0.25) is 11.8 Å². The van der Waals surface area contributed by atoms with Crippen molar-refractivity contribution in [2.24, 2.45) is 0 Å². The summed E-state index contributed by atoms with van der Waals surface area (Å²) in [5.74, 6) is 1.83. The number of aryl methyl sites for hydroxylation is 2. The van der Waals surface area contributed by atoms with Crippen LogP contribution in [0.1, 0.15) is 17.3 Å². The van der Waals surface area contributed by atoms with Crippen LogP contribution in [-0.2, 0) is 11.3 Å². The molecule has 1 fully saturated rings. The first-order valence-corrected chi connectivity index (χ1v) is 6.67. The van der Waals surface area contributed by atoms with E-state index in [1.165, 1.54) is 0 Å². The summed E-state index contributed by atoms with van der Waals surface area (Å²) in [6.07, 6.45) is 0. The molecule has 6 nitrogen and oxygen atoms in total. The van der Waals surface area contributed by atoms with Crippen molar-refractivity contribution < 1.29 is 9.21 Å². The van der Waals surface area contributed by atoms with E-state index < -0.39 is 0 Å². The molecule has 0 unspecified atom stereocenters. The molecule has 1 aliphatic heterocycles. The highest BCUT2D eigenvalue weighted by Gasteiger charge is 2.21. The molecule has 0 bridgehead atoms. The molecule has 1 N–H and O–H groups in total. The lowest BCUT2D eigenvalue weighted by atomic mass is 10.3. The molecule has 1 saturated heterocycles. The van der Waals surface area contributed by atoms with E-state index >= 15 is 0 Å². The summed E-state index contributed by atoms with van der Waals surface area (Å²) in [5, 5.41) is 2.89. The third kappa shape index (κ3) is 4.19. The molecule has 0 atom stereocenters. The van der Waals surface area contributed by atoms with Crippen molar-refractivity contribution in [2.45, 2.75) is 20.4 Å². The fourth-order valence-electron chi connectivity index (χ4n) is 2.22. The normalized spacial score (nSPS) is 16.1. The van der Waals surface area contributed by atoms with Gasteiger partial charge in [0.15, 0.2) is 0 Å². The summed E-state index contributed by atoms with van der Waals surface area (Å²) in [5.41, 5.74) is 0.956. The molecule has 1 aliphatic rings. The van der Waals surface area contributed by atoms with Crippen LogP contribution in [0.3, 0.4) is 0 Å². The molecule has 2 heterocycles. The van der Waals surface area contributed by atoms with Gasteiger partial charge < -0.3 is 14.6 Å². The lowest BCUT2D eigenvalue weighted by molar-refractivity contribution is -0.131. The largest absolute Gasteiger partial charge is 0.444 e. The predicted octanol–water partition coefficient (Wildman–Crippen LogP) is 0.577. The molecule has 20 heavy (non-hydrogen) atoms. The van der Waals surface area contributed by atoms with E-state index in [0.717, 1.165) is 50.1 Å². The summed E-state index contributed by atoms with van der Waals surface area (Å²) in [6, 6.07) is 0. The first-order valence-electron chi connectivity index (χ1n) is 6.67. The number of oxazole rings is 1. The van der Waals surface area contributed by atoms with E-state index in [9.17, 15) is 4.79 Å². The Morgan fingerprint density at radius 3 is 2.45 bits per heavy atom. The third-order valence-corrected chi connectivity index (χ3v) is 3.48. The van der Waals surface area contributed by atoms with Crippen molar-refractivity contribution in [1.82, 2.24) is 20.1 Å². The molecule has 0 saturated carbocycles. The first kappa shape index (κ1) is 16.9. The van der Waals surface area contributed by atoms with Crippen LogP contribution in [0.25, 0.3) is 0 Å². The second-order valence-electron chi connectivity index (χ2n) is 4.94. The zero-order chi connectivity index (χ0) is 13.8.